The van der Waals surface area contributed by atoms with Gasteiger partial charge in [-0.25, -0.2) is 4.79 Å². The van der Waals surface area contributed by atoms with Crippen molar-refractivity contribution in [3.8, 4) is 0 Å². The maximum Gasteiger partial charge on any atom is 0.410 e. The highest BCUT2D eigenvalue weighted by Gasteiger charge is 2.25. The van der Waals surface area contributed by atoms with Crippen molar-refractivity contribution in [3.63, 3.8) is 0 Å². The van der Waals surface area contributed by atoms with E-state index in [1.54, 1.807) is 4.90 Å². The smallest absolute Gasteiger partial charge is 0.410 e. The van der Waals surface area contributed by atoms with Crippen molar-refractivity contribution in [3.05, 3.63) is 22.7 Å². The SMILES string of the molecule is CC(C)(C)OC(=O)N1CCN(c2ccc(Br)c(N)c2)CC1. The standard InChI is InChI=1S/C15H22BrN3O2/c1-15(2,3)21-14(20)19-8-6-18(7-9-19)11-4-5-12(16)13(17)10-11/h4-5,10H,6-9,17H2,1-3H3. The first kappa shape index (κ1) is 15.9. The van der Waals surface area contributed by atoms with Gasteiger partial charge in [-0.05, 0) is 54.9 Å². The quantitative estimate of drug-likeness (QED) is 0.786. The number of benzene rings is 1. The molecule has 2 rings (SSSR count). The molecule has 0 atom stereocenters. The second-order valence-electron chi connectivity index (χ2n) is 6.16. The van der Waals surface area contributed by atoms with E-state index in [2.05, 4.69) is 20.8 Å². The van der Waals surface area contributed by atoms with E-state index in [0.717, 1.165) is 28.9 Å². The number of piperazine rings is 1. The van der Waals surface area contributed by atoms with Crippen LogP contribution in [0.25, 0.3) is 0 Å². The molecule has 0 aromatic heterocycles. The van der Waals surface area contributed by atoms with E-state index >= 15 is 0 Å². The normalized spacial score (nSPS) is 16.0. The van der Waals surface area contributed by atoms with Gasteiger partial charge in [0.15, 0.2) is 0 Å². The zero-order chi connectivity index (χ0) is 15.6. The lowest BCUT2D eigenvalue weighted by Gasteiger charge is -2.36. The van der Waals surface area contributed by atoms with Crippen LogP contribution in [0, 0.1) is 0 Å². The molecule has 0 bridgehead atoms. The lowest BCUT2D eigenvalue weighted by molar-refractivity contribution is 0.0240. The molecule has 0 radical (unpaired) electrons. The van der Waals surface area contributed by atoms with Crippen molar-refractivity contribution in [2.75, 3.05) is 36.8 Å². The lowest BCUT2D eigenvalue weighted by Crippen LogP contribution is -2.50. The largest absolute Gasteiger partial charge is 0.444 e. The van der Waals surface area contributed by atoms with Crippen molar-refractivity contribution < 1.29 is 9.53 Å². The Morgan fingerprint density at radius 3 is 2.38 bits per heavy atom. The minimum Gasteiger partial charge on any atom is -0.444 e. The first-order valence-corrected chi connectivity index (χ1v) is 7.83. The average molecular weight is 356 g/mol. The van der Waals surface area contributed by atoms with E-state index in [1.165, 1.54) is 0 Å². The molecule has 1 aliphatic heterocycles. The number of nitrogens with zero attached hydrogens (tertiary/aromatic N) is 2. The second-order valence-corrected chi connectivity index (χ2v) is 7.01. The number of nitrogens with two attached hydrogens (primary N) is 1. The van der Waals surface area contributed by atoms with Gasteiger partial charge in [0.2, 0.25) is 0 Å². The molecule has 21 heavy (non-hydrogen) atoms. The predicted octanol–water partition coefficient (Wildman–Crippen LogP) is 3.09. The van der Waals surface area contributed by atoms with Crippen LogP contribution >= 0.6 is 15.9 Å². The molecule has 1 aliphatic rings. The number of hydrogen-bond acceptors (Lipinski definition) is 4. The number of amides is 1. The summed E-state index contributed by atoms with van der Waals surface area (Å²) in [5, 5.41) is 0. The number of halogens is 1. The molecule has 0 spiro atoms. The topological polar surface area (TPSA) is 58.8 Å². The fraction of sp³-hybridized carbons (Fsp3) is 0.533. The molecule has 0 saturated carbocycles. The number of anilines is 2. The zero-order valence-corrected chi connectivity index (χ0v) is 14.3. The highest BCUT2D eigenvalue weighted by Crippen LogP contribution is 2.26. The Balaban J connectivity index is 1.94. The van der Waals surface area contributed by atoms with E-state index in [0.29, 0.717) is 13.1 Å². The summed E-state index contributed by atoms with van der Waals surface area (Å²) in [6.45, 7) is 8.51. The molecule has 0 unspecified atom stereocenters. The van der Waals surface area contributed by atoms with E-state index in [-0.39, 0.29) is 6.09 Å². The van der Waals surface area contributed by atoms with Crippen LogP contribution in [-0.2, 0) is 4.74 Å². The summed E-state index contributed by atoms with van der Waals surface area (Å²) in [6.07, 6.45) is -0.238. The molecule has 116 valence electrons. The van der Waals surface area contributed by atoms with Gasteiger partial charge in [0.05, 0.1) is 0 Å². The Morgan fingerprint density at radius 2 is 1.86 bits per heavy atom. The van der Waals surface area contributed by atoms with Gasteiger partial charge in [0.25, 0.3) is 0 Å². The maximum atomic E-state index is 12.0. The van der Waals surface area contributed by atoms with Gasteiger partial charge in [0, 0.05) is 42.0 Å². The summed E-state index contributed by atoms with van der Waals surface area (Å²) < 4.78 is 6.30. The minimum atomic E-state index is -0.450. The zero-order valence-electron chi connectivity index (χ0n) is 12.7. The third-order valence-electron chi connectivity index (χ3n) is 3.28. The Bertz CT molecular complexity index is 520. The molecule has 0 aliphatic carbocycles. The van der Waals surface area contributed by atoms with Gasteiger partial charge < -0.3 is 20.3 Å². The highest BCUT2D eigenvalue weighted by molar-refractivity contribution is 9.10. The molecule has 1 saturated heterocycles. The van der Waals surface area contributed by atoms with Crippen LogP contribution in [-0.4, -0.2) is 42.8 Å². The number of carbonyl (C=O) groups excluding carboxylic acids is 1. The molecule has 1 aromatic rings. The third-order valence-corrected chi connectivity index (χ3v) is 4.00. The molecular weight excluding hydrogens is 334 g/mol. The van der Waals surface area contributed by atoms with Crippen LogP contribution in [0.3, 0.4) is 0 Å². The van der Waals surface area contributed by atoms with Crippen LogP contribution in [0.2, 0.25) is 0 Å². The number of ether oxygens (including phenoxy) is 1. The van der Waals surface area contributed by atoms with Gasteiger partial charge in [-0.3, -0.25) is 0 Å². The Hall–Kier alpha value is -1.43. The minimum absolute atomic E-state index is 0.238. The van der Waals surface area contributed by atoms with E-state index in [4.69, 9.17) is 10.5 Å². The van der Waals surface area contributed by atoms with E-state index < -0.39 is 5.60 Å². The molecule has 1 fully saturated rings. The van der Waals surface area contributed by atoms with Gasteiger partial charge >= 0.3 is 6.09 Å². The molecule has 6 heteroatoms. The summed E-state index contributed by atoms with van der Waals surface area (Å²) in [5.41, 5.74) is 7.27. The van der Waals surface area contributed by atoms with Crippen molar-refractivity contribution in [2.24, 2.45) is 0 Å². The van der Waals surface area contributed by atoms with Crippen LogP contribution in [0.1, 0.15) is 20.8 Å². The molecule has 2 N–H and O–H groups in total. The van der Waals surface area contributed by atoms with Crippen LogP contribution in [0.4, 0.5) is 16.2 Å². The highest BCUT2D eigenvalue weighted by atomic mass is 79.9. The predicted molar refractivity (Wildman–Crippen MR) is 88.6 cm³/mol. The summed E-state index contributed by atoms with van der Waals surface area (Å²) in [6, 6.07) is 5.93. The maximum absolute atomic E-state index is 12.0. The number of rotatable bonds is 1. The summed E-state index contributed by atoms with van der Waals surface area (Å²) in [4.78, 5) is 16.0. The van der Waals surface area contributed by atoms with Crippen LogP contribution in [0.5, 0.6) is 0 Å². The van der Waals surface area contributed by atoms with Gasteiger partial charge in [0.1, 0.15) is 5.60 Å². The summed E-state index contributed by atoms with van der Waals surface area (Å²) in [5.74, 6) is 0. The van der Waals surface area contributed by atoms with E-state index in [9.17, 15) is 4.79 Å². The number of hydrogen-bond donors (Lipinski definition) is 1. The Kier molecular flexibility index (Phi) is 4.66. The third kappa shape index (κ3) is 4.27. The van der Waals surface area contributed by atoms with Crippen molar-refractivity contribution in [1.82, 2.24) is 4.90 Å². The molecule has 5 nitrogen and oxygen atoms in total. The van der Waals surface area contributed by atoms with Crippen molar-refractivity contribution in [1.29, 1.82) is 0 Å². The first-order chi connectivity index (χ1) is 9.76. The van der Waals surface area contributed by atoms with Gasteiger partial charge in [-0.2, -0.15) is 0 Å². The second kappa shape index (κ2) is 6.13. The molecule has 1 aromatic carbocycles. The molecule has 1 heterocycles. The summed E-state index contributed by atoms with van der Waals surface area (Å²) in [7, 11) is 0. The lowest BCUT2D eigenvalue weighted by atomic mass is 10.2. The summed E-state index contributed by atoms with van der Waals surface area (Å²) >= 11 is 3.40. The monoisotopic (exact) mass is 355 g/mol. The van der Waals surface area contributed by atoms with Crippen LogP contribution < -0.4 is 10.6 Å². The van der Waals surface area contributed by atoms with Gasteiger partial charge in [-0.15, -0.1) is 0 Å². The number of nitrogen functional groups attached to an aromatic ring is 1. The first-order valence-electron chi connectivity index (χ1n) is 7.04. The Morgan fingerprint density at radius 1 is 1.24 bits per heavy atom. The average Bonchev–Trinajstić information content (AvgIpc) is 2.40. The van der Waals surface area contributed by atoms with Crippen molar-refractivity contribution in [2.45, 2.75) is 26.4 Å². The fourth-order valence-corrected chi connectivity index (χ4v) is 2.45. The van der Waals surface area contributed by atoms with Gasteiger partial charge in [-0.1, -0.05) is 0 Å². The molecular formula is C15H22BrN3O2. The van der Waals surface area contributed by atoms with E-state index in [1.807, 2.05) is 39.0 Å². The van der Waals surface area contributed by atoms with Crippen molar-refractivity contribution >= 4 is 33.4 Å². The Labute approximate surface area is 134 Å². The molecule has 1 amide bonds. The van der Waals surface area contributed by atoms with Crippen LogP contribution in [0.15, 0.2) is 22.7 Å². The number of carbonyl (C=O) groups is 1. The fourth-order valence-electron chi connectivity index (χ4n) is 2.20.